The molecule has 0 saturated heterocycles. The van der Waals surface area contributed by atoms with Crippen molar-refractivity contribution in [2.75, 3.05) is 13.7 Å². The maximum atomic E-state index is 12.4. The Morgan fingerprint density at radius 2 is 1.75 bits per heavy atom. The van der Waals surface area contributed by atoms with Gasteiger partial charge in [0.25, 0.3) is 0 Å². The molecule has 0 unspecified atom stereocenters. The first-order chi connectivity index (χ1) is 9.54. The molecule has 0 radical (unpaired) electrons. The van der Waals surface area contributed by atoms with Crippen LogP contribution < -0.4 is 0 Å². The number of carbonyl (C=O) groups excluding carboxylic acids is 2. The molecular formula is C16H29NO3. The summed E-state index contributed by atoms with van der Waals surface area (Å²) in [5.74, 6) is 0.311. The fourth-order valence-electron chi connectivity index (χ4n) is 2.86. The van der Waals surface area contributed by atoms with Gasteiger partial charge in [-0.2, -0.15) is 0 Å². The Morgan fingerprint density at radius 1 is 1.15 bits per heavy atom. The SMILES string of the molecule is COC(=O)CCN(C(=O)CC(C)C)C1CCCCCC1. The highest BCUT2D eigenvalue weighted by molar-refractivity contribution is 5.77. The summed E-state index contributed by atoms with van der Waals surface area (Å²) in [6, 6.07) is 0.313. The van der Waals surface area contributed by atoms with Crippen molar-refractivity contribution in [1.82, 2.24) is 4.90 Å². The van der Waals surface area contributed by atoms with Crippen molar-refractivity contribution in [2.45, 2.75) is 71.3 Å². The molecule has 0 aliphatic heterocycles. The first kappa shape index (κ1) is 17.0. The number of methoxy groups -OCH3 is 1. The summed E-state index contributed by atoms with van der Waals surface area (Å²) in [4.78, 5) is 25.7. The molecule has 1 fully saturated rings. The highest BCUT2D eigenvalue weighted by atomic mass is 16.5. The van der Waals surface area contributed by atoms with Crippen molar-refractivity contribution in [3.05, 3.63) is 0 Å². The van der Waals surface area contributed by atoms with E-state index in [1.54, 1.807) is 0 Å². The van der Waals surface area contributed by atoms with Crippen molar-refractivity contribution in [3.63, 3.8) is 0 Å². The number of carbonyl (C=O) groups is 2. The van der Waals surface area contributed by atoms with Gasteiger partial charge in [0.15, 0.2) is 0 Å². The Hall–Kier alpha value is -1.06. The molecule has 116 valence electrons. The number of esters is 1. The molecule has 0 bridgehead atoms. The van der Waals surface area contributed by atoms with Gasteiger partial charge in [-0.25, -0.2) is 0 Å². The summed E-state index contributed by atoms with van der Waals surface area (Å²) < 4.78 is 4.70. The zero-order valence-corrected chi connectivity index (χ0v) is 13.2. The standard InChI is InChI=1S/C16H29NO3/c1-13(2)12-15(18)17(11-10-16(19)20-3)14-8-6-4-5-7-9-14/h13-14H,4-12H2,1-3H3. The van der Waals surface area contributed by atoms with Crippen molar-refractivity contribution in [2.24, 2.45) is 5.92 Å². The van der Waals surface area contributed by atoms with Gasteiger partial charge in [-0.05, 0) is 18.8 Å². The third-order valence-corrected chi connectivity index (χ3v) is 3.95. The number of amides is 1. The summed E-state index contributed by atoms with van der Waals surface area (Å²) in [7, 11) is 1.40. The van der Waals surface area contributed by atoms with Crippen LogP contribution in [0.5, 0.6) is 0 Å². The normalized spacial score (nSPS) is 16.8. The van der Waals surface area contributed by atoms with Crippen LogP contribution in [0.25, 0.3) is 0 Å². The summed E-state index contributed by atoms with van der Waals surface area (Å²) in [5.41, 5.74) is 0. The van der Waals surface area contributed by atoms with E-state index in [4.69, 9.17) is 4.74 Å². The second-order valence-electron chi connectivity index (χ2n) is 6.16. The molecule has 4 nitrogen and oxygen atoms in total. The molecule has 0 aromatic carbocycles. The number of rotatable bonds is 6. The van der Waals surface area contributed by atoms with Crippen molar-refractivity contribution >= 4 is 11.9 Å². The average molecular weight is 283 g/mol. The van der Waals surface area contributed by atoms with Gasteiger partial charge in [0.05, 0.1) is 13.5 Å². The van der Waals surface area contributed by atoms with E-state index in [0.29, 0.717) is 31.3 Å². The zero-order valence-electron chi connectivity index (χ0n) is 13.2. The summed E-state index contributed by atoms with van der Waals surface area (Å²) in [6.07, 6.45) is 7.92. The topological polar surface area (TPSA) is 46.6 Å². The molecule has 4 heteroatoms. The highest BCUT2D eigenvalue weighted by Gasteiger charge is 2.25. The fraction of sp³-hybridized carbons (Fsp3) is 0.875. The van der Waals surface area contributed by atoms with Crippen molar-refractivity contribution < 1.29 is 14.3 Å². The van der Waals surface area contributed by atoms with Gasteiger partial charge in [-0.3, -0.25) is 9.59 Å². The third kappa shape index (κ3) is 5.93. The molecule has 0 aromatic heterocycles. The van der Waals surface area contributed by atoms with Crippen molar-refractivity contribution in [3.8, 4) is 0 Å². The maximum absolute atomic E-state index is 12.4. The molecule has 1 amide bonds. The van der Waals surface area contributed by atoms with Crippen LogP contribution in [-0.2, 0) is 14.3 Å². The van der Waals surface area contributed by atoms with Crippen LogP contribution in [0.3, 0.4) is 0 Å². The highest BCUT2D eigenvalue weighted by Crippen LogP contribution is 2.23. The van der Waals surface area contributed by atoms with Crippen LogP contribution in [0.2, 0.25) is 0 Å². The molecule has 1 rings (SSSR count). The first-order valence-electron chi connectivity index (χ1n) is 7.91. The van der Waals surface area contributed by atoms with E-state index in [1.807, 2.05) is 4.90 Å². The van der Waals surface area contributed by atoms with E-state index in [0.717, 1.165) is 12.8 Å². The molecule has 0 N–H and O–H groups in total. The first-order valence-corrected chi connectivity index (χ1v) is 7.91. The quantitative estimate of drug-likeness (QED) is 0.555. The lowest BCUT2D eigenvalue weighted by Gasteiger charge is -2.31. The van der Waals surface area contributed by atoms with Gasteiger partial charge in [0.2, 0.25) is 5.91 Å². The van der Waals surface area contributed by atoms with Crippen LogP contribution in [-0.4, -0.2) is 36.5 Å². The average Bonchev–Trinajstić information content (AvgIpc) is 2.67. The van der Waals surface area contributed by atoms with Gasteiger partial charge in [-0.1, -0.05) is 39.5 Å². The maximum Gasteiger partial charge on any atom is 0.307 e. The second-order valence-corrected chi connectivity index (χ2v) is 6.16. The summed E-state index contributed by atoms with van der Waals surface area (Å²) in [6.45, 7) is 4.62. The lowest BCUT2D eigenvalue weighted by molar-refractivity contribution is -0.142. The molecule has 1 saturated carbocycles. The predicted octanol–water partition coefficient (Wildman–Crippen LogP) is 3.15. The lowest BCUT2D eigenvalue weighted by Crippen LogP contribution is -2.42. The minimum absolute atomic E-state index is 0.191. The number of nitrogens with zero attached hydrogens (tertiary/aromatic N) is 1. The minimum atomic E-state index is -0.235. The fourth-order valence-corrected chi connectivity index (χ4v) is 2.86. The molecular weight excluding hydrogens is 254 g/mol. The number of hydrogen-bond acceptors (Lipinski definition) is 3. The minimum Gasteiger partial charge on any atom is -0.469 e. The number of ether oxygens (including phenoxy) is 1. The predicted molar refractivity (Wildman–Crippen MR) is 79.3 cm³/mol. The van der Waals surface area contributed by atoms with E-state index in [-0.39, 0.29) is 11.9 Å². The van der Waals surface area contributed by atoms with Gasteiger partial charge in [0, 0.05) is 19.0 Å². The van der Waals surface area contributed by atoms with E-state index in [1.165, 1.54) is 32.8 Å². The number of hydrogen-bond donors (Lipinski definition) is 0. The molecule has 20 heavy (non-hydrogen) atoms. The van der Waals surface area contributed by atoms with Gasteiger partial charge < -0.3 is 9.64 Å². The van der Waals surface area contributed by atoms with E-state index >= 15 is 0 Å². The van der Waals surface area contributed by atoms with E-state index in [9.17, 15) is 9.59 Å². The Bertz CT molecular complexity index is 307. The molecule has 1 aliphatic carbocycles. The molecule has 0 spiro atoms. The van der Waals surface area contributed by atoms with Crippen LogP contribution in [0.15, 0.2) is 0 Å². The smallest absolute Gasteiger partial charge is 0.307 e. The van der Waals surface area contributed by atoms with Gasteiger partial charge in [0.1, 0.15) is 0 Å². The van der Waals surface area contributed by atoms with Crippen LogP contribution in [0.4, 0.5) is 0 Å². The van der Waals surface area contributed by atoms with Gasteiger partial charge >= 0.3 is 5.97 Å². The Morgan fingerprint density at radius 3 is 2.25 bits per heavy atom. The van der Waals surface area contributed by atoms with E-state index in [2.05, 4.69) is 13.8 Å². The monoisotopic (exact) mass is 283 g/mol. The summed E-state index contributed by atoms with van der Waals surface area (Å²) in [5, 5.41) is 0. The van der Waals surface area contributed by atoms with E-state index < -0.39 is 0 Å². The van der Waals surface area contributed by atoms with Gasteiger partial charge in [-0.15, -0.1) is 0 Å². The second kappa shape index (κ2) is 8.98. The molecule has 1 aliphatic rings. The largest absolute Gasteiger partial charge is 0.469 e. The van der Waals surface area contributed by atoms with Crippen LogP contribution in [0, 0.1) is 5.92 Å². The Labute approximate surface area is 122 Å². The zero-order chi connectivity index (χ0) is 15.0. The Balaban J connectivity index is 2.65. The molecule has 0 atom stereocenters. The molecule has 0 heterocycles. The molecule has 0 aromatic rings. The lowest BCUT2D eigenvalue weighted by atomic mass is 10.0. The van der Waals surface area contributed by atoms with Crippen molar-refractivity contribution in [1.29, 1.82) is 0 Å². The Kier molecular flexibility index (Phi) is 7.63. The summed E-state index contributed by atoms with van der Waals surface area (Å²) >= 11 is 0. The van der Waals surface area contributed by atoms with Crippen LogP contribution in [0.1, 0.15) is 65.2 Å². The van der Waals surface area contributed by atoms with Crippen LogP contribution >= 0.6 is 0 Å². The third-order valence-electron chi connectivity index (χ3n) is 3.95.